The molecule has 0 aliphatic carbocycles. The number of hydrogen-bond acceptors (Lipinski definition) is 3. The molecular formula is C26H31N4PS. The standard InChI is InChI=1S/C26H31N4PS/c1-22(17-18-27-26(32)28-21-23-11-5-2-6-12-23)31-29(24-13-7-3-8-14-24)19-20-30(31)25-15-9-4-10-16-25/h2-16,22H,17-21H2,1H3,(H2,27,28,32)/t22-/m0/s1. The average Bonchev–Trinajstić information content (AvgIpc) is 3.30. The molecule has 1 heterocycles. The fourth-order valence-corrected chi connectivity index (χ4v) is 7.12. The molecule has 0 bridgehead atoms. The van der Waals surface area contributed by atoms with E-state index in [0.717, 1.165) is 37.7 Å². The maximum Gasteiger partial charge on any atom is 0.166 e. The third-order valence-corrected chi connectivity index (χ3v) is 8.85. The summed E-state index contributed by atoms with van der Waals surface area (Å²) in [5.41, 5.74) is 4.39. The second kappa shape index (κ2) is 11.3. The molecule has 0 saturated carbocycles. The molecule has 4 nitrogen and oxygen atoms in total. The summed E-state index contributed by atoms with van der Waals surface area (Å²) in [6, 6.07) is 32.0. The Morgan fingerprint density at radius 3 is 1.84 bits per heavy atom. The molecule has 1 saturated heterocycles. The maximum atomic E-state index is 5.50. The van der Waals surface area contributed by atoms with Crippen molar-refractivity contribution in [1.82, 2.24) is 10.6 Å². The Morgan fingerprint density at radius 1 is 0.812 bits per heavy atom. The molecule has 1 atom stereocenters. The van der Waals surface area contributed by atoms with Gasteiger partial charge in [-0.05, 0) is 48.5 Å². The van der Waals surface area contributed by atoms with Crippen LogP contribution in [-0.2, 0) is 6.54 Å². The van der Waals surface area contributed by atoms with E-state index in [2.05, 4.69) is 112 Å². The van der Waals surface area contributed by atoms with Gasteiger partial charge >= 0.3 is 0 Å². The summed E-state index contributed by atoms with van der Waals surface area (Å²) in [6.07, 6.45) is 1.06. The Labute approximate surface area is 198 Å². The Balaban J connectivity index is 1.37. The molecule has 3 aromatic carbocycles. The molecule has 1 fully saturated rings. The monoisotopic (exact) mass is 462 g/mol. The van der Waals surface area contributed by atoms with Crippen LogP contribution >= 0.6 is 20.4 Å². The molecule has 4 rings (SSSR count). The zero-order valence-corrected chi connectivity index (χ0v) is 20.2. The van der Waals surface area contributed by atoms with E-state index in [0.29, 0.717) is 5.66 Å². The lowest BCUT2D eigenvalue weighted by Gasteiger charge is -2.36. The van der Waals surface area contributed by atoms with E-state index < -0.39 is 8.22 Å². The highest BCUT2D eigenvalue weighted by molar-refractivity contribution is 7.80. The van der Waals surface area contributed by atoms with Crippen molar-refractivity contribution in [3.63, 3.8) is 0 Å². The van der Waals surface area contributed by atoms with E-state index in [1.165, 1.54) is 16.9 Å². The fraction of sp³-hybridized carbons (Fsp3) is 0.269. The van der Waals surface area contributed by atoms with Crippen molar-refractivity contribution < 1.29 is 0 Å². The van der Waals surface area contributed by atoms with Gasteiger partial charge in [0.25, 0.3) is 0 Å². The molecular weight excluding hydrogens is 431 g/mol. The summed E-state index contributed by atoms with van der Waals surface area (Å²) in [5.74, 6) is 0. The van der Waals surface area contributed by atoms with Gasteiger partial charge in [0.05, 0.1) is 8.22 Å². The zero-order chi connectivity index (χ0) is 22.2. The summed E-state index contributed by atoms with van der Waals surface area (Å²) in [4.78, 5) is 0. The van der Waals surface area contributed by atoms with Gasteiger partial charge in [-0.1, -0.05) is 73.7 Å². The number of benzene rings is 3. The number of para-hydroxylation sites is 2. The molecule has 0 radical (unpaired) electrons. The van der Waals surface area contributed by atoms with Gasteiger partial charge < -0.3 is 20.0 Å². The molecule has 1 aliphatic rings. The van der Waals surface area contributed by atoms with Crippen molar-refractivity contribution in [3.8, 4) is 0 Å². The fourth-order valence-electron chi connectivity index (χ4n) is 4.05. The first-order valence-corrected chi connectivity index (χ1v) is 12.9. The molecule has 2 N–H and O–H groups in total. The van der Waals surface area contributed by atoms with Crippen LogP contribution in [-0.4, -0.2) is 30.4 Å². The van der Waals surface area contributed by atoms with Gasteiger partial charge in [-0.2, -0.15) is 0 Å². The van der Waals surface area contributed by atoms with Gasteiger partial charge in [-0.15, -0.1) is 0 Å². The van der Waals surface area contributed by atoms with Gasteiger partial charge in [0.15, 0.2) is 5.11 Å². The van der Waals surface area contributed by atoms with Crippen LogP contribution in [0.5, 0.6) is 0 Å². The first kappa shape index (κ1) is 22.6. The number of nitrogens with zero attached hydrogens (tertiary/aromatic N) is 2. The number of nitrogens with one attached hydrogen (secondary N) is 2. The Kier molecular flexibility index (Phi) is 7.97. The summed E-state index contributed by atoms with van der Waals surface area (Å²) >= 11 is 5.50. The van der Waals surface area contributed by atoms with Crippen LogP contribution in [0.3, 0.4) is 0 Å². The number of rotatable bonds is 8. The maximum absolute atomic E-state index is 5.50. The molecule has 0 amide bonds. The molecule has 1 aliphatic heterocycles. The van der Waals surface area contributed by atoms with E-state index >= 15 is 0 Å². The van der Waals surface area contributed by atoms with Gasteiger partial charge in [-0.25, -0.2) is 0 Å². The highest BCUT2D eigenvalue weighted by atomic mass is 32.1. The van der Waals surface area contributed by atoms with Gasteiger partial charge in [0, 0.05) is 43.2 Å². The summed E-state index contributed by atoms with van der Waals surface area (Å²) in [7, 11) is -0.498. The van der Waals surface area contributed by atoms with Crippen LogP contribution in [0, 0.1) is 0 Å². The van der Waals surface area contributed by atoms with E-state index in [-0.39, 0.29) is 0 Å². The minimum Gasteiger partial charge on any atom is -0.363 e. The topological polar surface area (TPSA) is 30.5 Å². The third kappa shape index (κ3) is 5.79. The van der Waals surface area contributed by atoms with E-state index in [9.17, 15) is 0 Å². The number of hydrogen-bond donors (Lipinski definition) is 2. The Bertz CT molecular complexity index is 923. The molecule has 166 valence electrons. The summed E-state index contributed by atoms with van der Waals surface area (Å²) in [5, 5.41) is 7.45. The molecule has 0 unspecified atom stereocenters. The normalized spacial score (nSPS) is 14.9. The highest BCUT2D eigenvalue weighted by Crippen LogP contribution is 2.56. The van der Waals surface area contributed by atoms with Crippen molar-refractivity contribution in [2.24, 2.45) is 0 Å². The lowest BCUT2D eigenvalue weighted by Crippen LogP contribution is -2.36. The van der Waals surface area contributed by atoms with Crippen LogP contribution in [0.4, 0.5) is 11.4 Å². The molecule has 32 heavy (non-hydrogen) atoms. The van der Waals surface area contributed by atoms with E-state index in [1.54, 1.807) is 0 Å². The number of anilines is 2. The van der Waals surface area contributed by atoms with Gasteiger partial charge in [-0.3, -0.25) is 0 Å². The van der Waals surface area contributed by atoms with Crippen molar-refractivity contribution >= 4 is 36.9 Å². The summed E-state index contributed by atoms with van der Waals surface area (Å²) in [6.45, 7) is 6.11. The first-order valence-electron chi connectivity index (χ1n) is 11.2. The average molecular weight is 463 g/mol. The smallest absolute Gasteiger partial charge is 0.166 e. The highest BCUT2D eigenvalue weighted by Gasteiger charge is 2.36. The van der Waals surface area contributed by atoms with Crippen LogP contribution in [0.25, 0.3) is 0 Å². The molecule has 3 aromatic rings. The van der Waals surface area contributed by atoms with Gasteiger partial charge in [0.1, 0.15) is 0 Å². The predicted octanol–water partition coefficient (Wildman–Crippen LogP) is 5.77. The predicted molar refractivity (Wildman–Crippen MR) is 142 cm³/mol. The second-order valence-corrected chi connectivity index (χ2v) is 10.9. The van der Waals surface area contributed by atoms with Crippen LogP contribution < -0.4 is 20.0 Å². The van der Waals surface area contributed by atoms with Crippen molar-refractivity contribution in [2.75, 3.05) is 29.0 Å². The number of thiocarbonyl (C=S) groups is 1. The quantitative estimate of drug-likeness (QED) is 0.328. The Hall–Kier alpha value is -2.62. The van der Waals surface area contributed by atoms with Crippen LogP contribution in [0.2, 0.25) is 0 Å². The Morgan fingerprint density at radius 2 is 1.31 bits per heavy atom. The van der Waals surface area contributed by atoms with Gasteiger partial charge in [0.2, 0.25) is 0 Å². The molecule has 0 spiro atoms. The largest absolute Gasteiger partial charge is 0.363 e. The zero-order valence-electron chi connectivity index (χ0n) is 18.5. The lowest BCUT2D eigenvalue weighted by molar-refractivity contribution is 0.742. The van der Waals surface area contributed by atoms with Crippen LogP contribution in [0.1, 0.15) is 18.9 Å². The second-order valence-electron chi connectivity index (χ2n) is 7.97. The van der Waals surface area contributed by atoms with E-state index in [4.69, 9.17) is 12.2 Å². The molecule has 0 aromatic heterocycles. The first-order chi connectivity index (χ1) is 15.7. The SMILES string of the molecule is C[C@@H](CCNC(=S)NCc1ccccc1)P1N(c2ccccc2)CCN1c1ccccc1. The van der Waals surface area contributed by atoms with Crippen LogP contribution in [0.15, 0.2) is 91.0 Å². The van der Waals surface area contributed by atoms with Crippen molar-refractivity contribution in [2.45, 2.75) is 25.5 Å². The van der Waals surface area contributed by atoms with Crippen molar-refractivity contribution in [3.05, 3.63) is 96.6 Å². The summed E-state index contributed by atoms with van der Waals surface area (Å²) < 4.78 is 5.22. The molecule has 6 heteroatoms. The third-order valence-electron chi connectivity index (χ3n) is 5.66. The lowest BCUT2D eigenvalue weighted by atomic mass is 10.2. The minimum absolute atomic E-state index is 0.498. The minimum atomic E-state index is -0.498. The van der Waals surface area contributed by atoms with E-state index in [1.807, 2.05) is 6.07 Å². The van der Waals surface area contributed by atoms with Crippen molar-refractivity contribution in [1.29, 1.82) is 0 Å².